The third-order valence-corrected chi connectivity index (χ3v) is 5.24. The molecule has 7 heteroatoms. The van der Waals surface area contributed by atoms with E-state index in [0.717, 1.165) is 25.1 Å². The van der Waals surface area contributed by atoms with Gasteiger partial charge in [-0.15, -0.1) is 0 Å². The van der Waals surface area contributed by atoms with Gasteiger partial charge in [0.25, 0.3) is 10.0 Å². The number of hydrogen-bond acceptors (Lipinski definition) is 4. The summed E-state index contributed by atoms with van der Waals surface area (Å²) < 4.78 is 28.8. The van der Waals surface area contributed by atoms with Crippen molar-refractivity contribution in [3.05, 3.63) is 42.9 Å². The van der Waals surface area contributed by atoms with Crippen LogP contribution in [-0.2, 0) is 17.1 Å². The van der Waals surface area contributed by atoms with Crippen molar-refractivity contribution >= 4 is 15.7 Å². The molecule has 118 valence electrons. The number of para-hydroxylation sites is 1. The standard InChI is InChI=1S/C15H20N4O2S/c1-18-11-15(16-12-18)22(20,21)17-10-14-8-5-9-19(14)13-6-3-2-4-7-13/h2-4,6-7,11-12,14,17H,5,8-10H2,1H3/t14-/m0/s1. The monoisotopic (exact) mass is 320 g/mol. The first-order valence-electron chi connectivity index (χ1n) is 7.35. The zero-order chi connectivity index (χ0) is 15.6. The van der Waals surface area contributed by atoms with Crippen molar-refractivity contribution in [2.45, 2.75) is 23.9 Å². The van der Waals surface area contributed by atoms with E-state index < -0.39 is 10.0 Å². The van der Waals surface area contributed by atoms with Gasteiger partial charge in [-0.25, -0.2) is 18.1 Å². The lowest BCUT2D eigenvalue weighted by molar-refractivity contribution is 0.564. The van der Waals surface area contributed by atoms with Crippen LogP contribution in [0.4, 0.5) is 5.69 Å². The maximum Gasteiger partial charge on any atom is 0.259 e. The van der Waals surface area contributed by atoms with Gasteiger partial charge in [0, 0.05) is 38.1 Å². The summed E-state index contributed by atoms with van der Waals surface area (Å²) in [6, 6.07) is 10.3. The Balaban J connectivity index is 1.68. The number of anilines is 1. The molecule has 0 radical (unpaired) electrons. The van der Waals surface area contributed by atoms with Crippen LogP contribution >= 0.6 is 0 Å². The molecular formula is C15H20N4O2S. The Morgan fingerprint density at radius 1 is 1.32 bits per heavy atom. The van der Waals surface area contributed by atoms with Crippen LogP contribution in [0.5, 0.6) is 0 Å². The molecule has 1 fully saturated rings. The largest absolute Gasteiger partial charge is 0.367 e. The maximum absolute atomic E-state index is 12.2. The Morgan fingerprint density at radius 3 is 2.77 bits per heavy atom. The molecule has 1 aliphatic heterocycles. The molecule has 1 atom stereocenters. The number of nitrogens with one attached hydrogen (secondary N) is 1. The SMILES string of the molecule is Cn1cnc(S(=O)(=O)NC[C@@H]2CCCN2c2ccccc2)c1. The molecule has 1 aliphatic rings. The number of imidazole rings is 1. The fourth-order valence-electron chi connectivity index (χ4n) is 2.81. The molecule has 1 aromatic carbocycles. The Labute approximate surface area is 130 Å². The molecule has 1 aromatic heterocycles. The molecule has 0 amide bonds. The minimum atomic E-state index is -3.54. The molecule has 1 saturated heterocycles. The number of hydrogen-bond donors (Lipinski definition) is 1. The maximum atomic E-state index is 12.2. The van der Waals surface area contributed by atoms with Gasteiger partial charge in [-0.2, -0.15) is 0 Å². The number of benzene rings is 1. The van der Waals surface area contributed by atoms with Gasteiger partial charge in [-0.3, -0.25) is 0 Å². The first kappa shape index (κ1) is 15.1. The smallest absolute Gasteiger partial charge is 0.259 e. The van der Waals surface area contributed by atoms with Gasteiger partial charge in [0.1, 0.15) is 0 Å². The molecule has 0 spiro atoms. The van der Waals surface area contributed by atoms with E-state index in [2.05, 4.69) is 26.7 Å². The lowest BCUT2D eigenvalue weighted by atomic mass is 10.2. The van der Waals surface area contributed by atoms with E-state index in [1.807, 2.05) is 18.2 Å². The average Bonchev–Trinajstić information content (AvgIpc) is 3.15. The summed E-state index contributed by atoms with van der Waals surface area (Å²) in [7, 11) is -1.79. The molecule has 2 aromatic rings. The van der Waals surface area contributed by atoms with Crippen LogP contribution < -0.4 is 9.62 Å². The summed E-state index contributed by atoms with van der Waals surface area (Å²) in [5.74, 6) is 0. The second-order valence-corrected chi connectivity index (χ2v) is 7.27. The van der Waals surface area contributed by atoms with Crippen LogP contribution in [0.3, 0.4) is 0 Å². The summed E-state index contributed by atoms with van der Waals surface area (Å²) in [4.78, 5) is 6.17. The van der Waals surface area contributed by atoms with Crippen LogP contribution in [0.25, 0.3) is 0 Å². The summed E-state index contributed by atoms with van der Waals surface area (Å²) in [5.41, 5.74) is 1.14. The first-order chi connectivity index (χ1) is 10.6. The molecule has 0 unspecified atom stereocenters. The van der Waals surface area contributed by atoms with E-state index >= 15 is 0 Å². The molecule has 1 N–H and O–H groups in total. The second-order valence-electron chi connectivity index (χ2n) is 5.55. The van der Waals surface area contributed by atoms with Gasteiger partial charge in [-0.1, -0.05) is 18.2 Å². The van der Waals surface area contributed by atoms with Gasteiger partial charge in [0.15, 0.2) is 5.03 Å². The average molecular weight is 320 g/mol. The normalized spacial score (nSPS) is 18.8. The zero-order valence-corrected chi connectivity index (χ0v) is 13.3. The lowest BCUT2D eigenvalue weighted by Crippen LogP contribution is -2.40. The molecule has 0 aliphatic carbocycles. The minimum absolute atomic E-state index is 0.0688. The van der Waals surface area contributed by atoms with Gasteiger partial charge in [0.05, 0.1) is 6.33 Å². The van der Waals surface area contributed by atoms with Crippen LogP contribution in [0, 0.1) is 0 Å². The molecule has 6 nitrogen and oxygen atoms in total. The zero-order valence-electron chi connectivity index (χ0n) is 12.5. The van der Waals surface area contributed by atoms with E-state index in [-0.39, 0.29) is 11.1 Å². The molecular weight excluding hydrogens is 300 g/mol. The van der Waals surface area contributed by atoms with Crippen molar-refractivity contribution in [2.75, 3.05) is 18.0 Å². The van der Waals surface area contributed by atoms with Crippen molar-refractivity contribution < 1.29 is 8.42 Å². The van der Waals surface area contributed by atoms with Gasteiger partial charge >= 0.3 is 0 Å². The van der Waals surface area contributed by atoms with Gasteiger partial charge < -0.3 is 9.47 Å². The van der Waals surface area contributed by atoms with Gasteiger partial charge in [0.2, 0.25) is 0 Å². The van der Waals surface area contributed by atoms with E-state index in [4.69, 9.17) is 0 Å². The van der Waals surface area contributed by atoms with E-state index in [9.17, 15) is 8.42 Å². The fourth-order valence-corrected chi connectivity index (χ4v) is 3.87. The Hall–Kier alpha value is -1.86. The molecule has 0 saturated carbocycles. The highest BCUT2D eigenvalue weighted by Crippen LogP contribution is 2.25. The number of nitrogens with zero attached hydrogens (tertiary/aromatic N) is 3. The van der Waals surface area contributed by atoms with Crippen molar-refractivity contribution in [3.8, 4) is 0 Å². The highest BCUT2D eigenvalue weighted by atomic mass is 32.2. The highest BCUT2D eigenvalue weighted by molar-refractivity contribution is 7.89. The number of rotatable bonds is 5. The molecule has 22 heavy (non-hydrogen) atoms. The molecule has 2 heterocycles. The Bertz CT molecular complexity index is 727. The number of aromatic nitrogens is 2. The van der Waals surface area contributed by atoms with Crippen LogP contribution in [0.1, 0.15) is 12.8 Å². The summed E-state index contributed by atoms with van der Waals surface area (Å²) in [6.45, 7) is 1.35. The quantitative estimate of drug-likeness (QED) is 0.903. The predicted molar refractivity (Wildman–Crippen MR) is 85.2 cm³/mol. The number of sulfonamides is 1. The number of aryl methyl sites for hydroxylation is 1. The van der Waals surface area contributed by atoms with E-state index in [1.165, 1.54) is 12.5 Å². The third kappa shape index (κ3) is 3.15. The summed E-state index contributed by atoms with van der Waals surface area (Å²) in [5, 5.41) is 0.0688. The van der Waals surface area contributed by atoms with Crippen LogP contribution in [0.2, 0.25) is 0 Å². The Kier molecular flexibility index (Phi) is 4.17. The Morgan fingerprint density at radius 2 is 2.09 bits per heavy atom. The highest BCUT2D eigenvalue weighted by Gasteiger charge is 2.27. The first-order valence-corrected chi connectivity index (χ1v) is 8.84. The summed E-state index contributed by atoms with van der Waals surface area (Å²) in [6.07, 6.45) is 5.05. The van der Waals surface area contributed by atoms with Crippen molar-refractivity contribution in [1.82, 2.24) is 14.3 Å². The van der Waals surface area contributed by atoms with Crippen LogP contribution in [0.15, 0.2) is 47.9 Å². The second kappa shape index (κ2) is 6.10. The lowest BCUT2D eigenvalue weighted by Gasteiger charge is -2.26. The molecule has 0 bridgehead atoms. The molecule has 3 rings (SSSR count). The third-order valence-electron chi connectivity index (χ3n) is 3.93. The predicted octanol–water partition coefficient (Wildman–Crippen LogP) is 1.37. The topological polar surface area (TPSA) is 67.2 Å². The van der Waals surface area contributed by atoms with E-state index in [1.54, 1.807) is 11.6 Å². The van der Waals surface area contributed by atoms with E-state index in [0.29, 0.717) is 6.54 Å². The minimum Gasteiger partial charge on any atom is -0.367 e. The van der Waals surface area contributed by atoms with Crippen molar-refractivity contribution in [3.63, 3.8) is 0 Å². The van der Waals surface area contributed by atoms with Crippen molar-refractivity contribution in [1.29, 1.82) is 0 Å². The van der Waals surface area contributed by atoms with Crippen LogP contribution in [-0.4, -0.2) is 37.1 Å². The van der Waals surface area contributed by atoms with Gasteiger partial charge in [-0.05, 0) is 25.0 Å². The fraction of sp³-hybridized carbons (Fsp3) is 0.400. The summed E-state index contributed by atoms with van der Waals surface area (Å²) >= 11 is 0. The van der Waals surface area contributed by atoms with Crippen molar-refractivity contribution in [2.24, 2.45) is 7.05 Å².